The lowest BCUT2D eigenvalue weighted by molar-refractivity contribution is -0.169. The molecule has 2 heterocycles. The molecular weight excluding hydrogens is 206 g/mol. The first-order chi connectivity index (χ1) is 7.88. The standard InChI is InChI=1S/C12H15NO3/c14-8-10-4-3-5-11(13-10)9-16-12-6-1-2-7-15-12/h3-5,8,12H,1-2,6-7,9H2. The Balaban J connectivity index is 1.85. The third-order valence-electron chi connectivity index (χ3n) is 2.50. The lowest BCUT2D eigenvalue weighted by atomic mass is 10.2. The van der Waals surface area contributed by atoms with Crippen molar-refractivity contribution in [3.8, 4) is 0 Å². The molecule has 0 aromatic carbocycles. The summed E-state index contributed by atoms with van der Waals surface area (Å²) in [5.74, 6) is 0. The molecule has 0 N–H and O–H groups in total. The fraction of sp³-hybridized carbons (Fsp3) is 0.500. The summed E-state index contributed by atoms with van der Waals surface area (Å²) in [5, 5.41) is 0. The average molecular weight is 221 g/mol. The minimum atomic E-state index is -0.115. The zero-order valence-corrected chi connectivity index (χ0v) is 9.09. The fourth-order valence-corrected chi connectivity index (χ4v) is 1.67. The maximum absolute atomic E-state index is 10.5. The quantitative estimate of drug-likeness (QED) is 0.729. The second-order valence-electron chi connectivity index (χ2n) is 3.78. The van der Waals surface area contributed by atoms with E-state index in [1.54, 1.807) is 12.1 Å². The zero-order valence-electron chi connectivity index (χ0n) is 9.09. The topological polar surface area (TPSA) is 48.4 Å². The molecule has 4 nitrogen and oxygen atoms in total. The molecule has 2 rings (SSSR count). The van der Waals surface area contributed by atoms with Crippen LogP contribution in [0.4, 0.5) is 0 Å². The van der Waals surface area contributed by atoms with Gasteiger partial charge in [-0.05, 0) is 31.4 Å². The van der Waals surface area contributed by atoms with Gasteiger partial charge < -0.3 is 9.47 Å². The van der Waals surface area contributed by atoms with E-state index in [1.807, 2.05) is 6.07 Å². The van der Waals surface area contributed by atoms with Gasteiger partial charge in [-0.3, -0.25) is 4.79 Å². The number of hydrogen-bond acceptors (Lipinski definition) is 4. The van der Waals surface area contributed by atoms with Crippen molar-refractivity contribution in [2.45, 2.75) is 32.2 Å². The molecule has 0 aliphatic carbocycles. The maximum Gasteiger partial charge on any atom is 0.168 e. The predicted molar refractivity (Wildman–Crippen MR) is 58.0 cm³/mol. The first-order valence-electron chi connectivity index (χ1n) is 5.53. The fourth-order valence-electron chi connectivity index (χ4n) is 1.67. The second kappa shape index (κ2) is 5.72. The van der Waals surface area contributed by atoms with Gasteiger partial charge in [0.05, 0.1) is 12.3 Å². The highest BCUT2D eigenvalue weighted by Crippen LogP contribution is 2.15. The van der Waals surface area contributed by atoms with Gasteiger partial charge in [-0.2, -0.15) is 0 Å². The molecule has 0 spiro atoms. The van der Waals surface area contributed by atoms with Crippen LogP contribution in [0.3, 0.4) is 0 Å². The highest BCUT2D eigenvalue weighted by molar-refractivity contribution is 5.71. The second-order valence-corrected chi connectivity index (χ2v) is 3.78. The SMILES string of the molecule is O=Cc1cccc(COC2CCCCO2)n1. The van der Waals surface area contributed by atoms with E-state index in [1.165, 1.54) is 0 Å². The van der Waals surface area contributed by atoms with Crippen LogP contribution < -0.4 is 0 Å². The van der Waals surface area contributed by atoms with Gasteiger partial charge in [-0.15, -0.1) is 0 Å². The molecule has 86 valence electrons. The van der Waals surface area contributed by atoms with E-state index in [0.29, 0.717) is 12.3 Å². The molecule has 1 aliphatic heterocycles. The van der Waals surface area contributed by atoms with Crippen molar-refractivity contribution in [1.29, 1.82) is 0 Å². The van der Waals surface area contributed by atoms with Gasteiger partial charge in [0.1, 0.15) is 5.69 Å². The number of aromatic nitrogens is 1. The average Bonchev–Trinajstić information content (AvgIpc) is 2.38. The van der Waals surface area contributed by atoms with Crippen LogP contribution in [-0.2, 0) is 16.1 Å². The molecule has 1 atom stereocenters. The Morgan fingerprint density at radius 2 is 2.44 bits per heavy atom. The lowest BCUT2D eigenvalue weighted by Gasteiger charge is -2.22. The Labute approximate surface area is 94.6 Å². The van der Waals surface area contributed by atoms with Crippen LogP contribution in [0.5, 0.6) is 0 Å². The smallest absolute Gasteiger partial charge is 0.168 e. The Morgan fingerprint density at radius 3 is 3.19 bits per heavy atom. The number of pyridine rings is 1. The molecule has 1 aromatic rings. The molecule has 16 heavy (non-hydrogen) atoms. The van der Waals surface area contributed by atoms with Crippen molar-refractivity contribution in [3.05, 3.63) is 29.6 Å². The Morgan fingerprint density at radius 1 is 1.50 bits per heavy atom. The van der Waals surface area contributed by atoms with Crippen molar-refractivity contribution in [1.82, 2.24) is 4.98 Å². The molecule has 4 heteroatoms. The normalized spacial score (nSPS) is 20.6. The number of ether oxygens (including phenoxy) is 2. The summed E-state index contributed by atoms with van der Waals surface area (Å²) in [5.41, 5.74) is 1.20. The summed E-state index contributed by atoms with van der Waals surface area (Å²) < 4.78 is 11.0. The summed E-state index contributed by atoms with van der Waals surface area (Å²) in [6, 6.07) is 5.32. The van der Waals surface area contributed by atoms with Gasteiger partial charge in [0.15, 0.2) is 12.6 Å². The highest BCUT2D eigenvalue weighted by Gasteiger charge is 2.14. The van der Waals surface area contributed by atoms with Crippen molar-refractivity contribution in [2.75, 3.05) is 6.61 Å². The number of carbonyl (C=O) groups is 1. The van der Waals surface area contributed by atoms with Crippen molar-refractivity contribution in [3.63, 3.8) is 0 Å². The number of carbonyl (C=O) groups excluding carboxylic acids is 1. The van der Waals surface area contributed by atoms with Gasteiger partial charge in [0.25, 0.3) is 0 Å². The number of hydrogen-bond donors (Lipinski definition) is 0. The van der Waals surface area contributed by atoms with Gasteiger partial charge >= 0.3 is 0 Å². The monoisotopic (exact) mass is 221 g/mol. The third kappa shape index (κ3) is 3.12. The van der Waals surface area contributed by atoms with Crippen LogP contribution in [0.1, 0.15) is 35.4 Å². The predicted octanol–water partition coefficient (Wildman–Crippen LogP) is 1.94. The molecule has 0 amide bonds. The molecule has 1 unspecified atom stereocenters. The number of aldehydes is 1. The molecule has 0 saturated carbocycles. The summed E-state index contributed by atoms with van der Waals surface area (Å²) in [6.07, 6.45) is 3.81. The molecule has 1 fully saturated rings. The van der Waals surface area contributed by atoms with E-state index in [2.05, 4.69) is 4.98 Å². The third-order valence-corrected chi connectivity index (χ3v) is 2.50. The number of nitrogens with zero attached hydrogens (tertiary/aromatic N) is 1. The molecule has 0 bridgehead atoms. The van der Waals surface area contributed by atoms with Crippen LogP contribution >= 0.6 is 0 Å². The van der Waals surface area contributed by atoms with Gasteiger partial charge in [0.2, 0.25) is 0 Å². The maximum atomic E-state index is 10.5. The largest absolute Gasteiger partial charge is 0.353 e. The van der Waals surface area contributed by atoms with Gasteiger partial charge in [-0.25, -0.2) is 4.98 Å². The van der Waals surface area contributed by atoms with Crippen LogP contribution in [0.2, 0.25) is 0 Å². The number of rotatable bonds is 4. The van der Waals surface area contributed by atoms with Crippen molar-refractivity contribution >= 4 is 6.29 Å². The van der Waals surface area contributed by atoms with E-state index in [0.717, 1.165) is 37.8 Å². The van der Waals surface area contributed by atoms with Crippen molar-refractivity contribution < 1.29 is 14.3 Å². The molecule has 1 saturated heterocycles. The summed E-state index contributed by atoms with van der Waals surface area (Å²) in [4.78, 5) is 14.7. The van der Waals surface area contributed by atoms with Gasteiger partial charge in [0, 0.05) is 6.61 Å². The summed E-state index contributed by atoms with van der Waals surface area (Å²) in [6.45, 7) is 1.17. The molecule has 1 aliphatic rings. The summed E-state index contributed by atoms with van der Waals surface area (Å²) >= 11 is 0. The van der Waals surface area contributed by atoms with E-state index < -0.39 is 0 Å². The minimum absolute atomic E-state index is 0.115. The highest BCUT2D eigenvalue weighted by atomic mass is 16.7. The Kier molecular flexibility index (Phi) is 4.02. The zero-order chi connectivity index (χ0) is 11.2. The summed E-state index contributed by atoms with van der Waals surface area (Å²) in [7, 11) is 0. The first-order valence-corrected chi connectivity index (χ1v) is 5.53. The van der Waals surface area contributed by atoms with Gasteiger partial charge in [-0.1, -0.05) is 6.07 Å². The molecule has 0 radical (unpaired) electrons. The van der Waals surface area contributed by atoms with Crippen molar-refractivity contribution in [2.24, 2.45) is 0 Å². The van der Waals surface area contributed by atoms with E-state index >= 15 is 0 Å². The minimum Gasteiger partial charge on any atom is -0.353 e. The van der Waals surface area contributed by atoms with E-state index in [9.17, 15) is 4.79 Å². The van der Waals surface area contributed by atoms with Crippen LogP contribution in [0.15, 0.2) is 18.2 Å². The van der Waals surface area contributed by atoms with Crippen LogP contribution in [-0.4, -0.2) is 24.2 Å². The van der Waals surface area contributed by atoms with Crippen LogP contribution in [0.25, 0.3) is 0 Å². The first kappa shape index (κ1) is 11.2. The Bertz CT molecular complexity index is 348. The van der Waals surface area contributed by atoms with E-state index in [-0.39, 0.29) is 6.29 Å². The molecule has 1 aromatic heterocycles. The van der Waals surface area contributed by atoms with E-state index in [4.69, 9.17) is 9.47 Å². The van der Waals surface area contributed by atoms with Crippen LogP contribution in [0, 0.1) is 0 Å². The lowest BCUT2D eigenvalue weighted by Crippen LogP contribution is -2.22. The Hall–Kier alpha value is -1.26. The molecular formula is C12H15NO3.